The van der Waals surface area contributed by atoms with Gasteiger partial charge in [-0.3, -0.25) is 4.79 Å². The molecule has 4 fully saturated rings. The highest BCUT2D eigenvalue weighted by Crippen LogP contribution is 2.40. The van der Waals surface area contributed by atoms with Crippen molar-refractivity contribution in [3.63, 3.8) is 0 Å². The Morgan fingerprint density at radius 1 is 0.950 bits per heavy atom. The van der Waals surface area contributed by atoms with Gasteiger partial charge in [-0.25, -0.2) is 4.79 Å². The molecule has 1 aliphatic carbocycles. The molecule has 3 heterocycles. The summed E-state index contributed by atoms with van der Waals surface area (Å²) in [5.74, 6) is 0.234. The molecule has 3 amide bonds. The number of urea groups is 1. The second-order valence-corrected chi connectivity index (χ2v) is 12.9. The first-order valence-electron chi connectivity index (χ1n) is 16.1. The summed E-state index contributed by atoms with van der Waals surface area (Å²) in [5.41, 5.74) is 1.13. The van der Waals surface area contributed by atoms with Crippen LogP contribution in [-0.4, -0.2) is 89.1 Å². The fraction of sp³-hybridized carbons (Fsp3) is 0.750. The largest absolute Gasteiger partial charge is 0.335 e. The van der Waals surface area contributed by atoms with E-state index in [1.54, 1.807) is 0 Å². The van der Waals surface area contributed by atoms with Gasteiger partial charge in [0.25, 0.3) is 0 Å². The van der Waals surface area contributed by atoms with Crippen LogP contribution in [0.2, 0.25) is 5.02 Å². The van der Waals surface area contributed by atoms with E-state index in [4.69, 9.17) is 11.6 Å². The lowest BCUT2D eigenvalue weighted by molar-refractivity contribution is -0.139. The summed E-state index contributed by atoms with van der Waals surface area (Å²) in [6.07, 6.45) is 12.9. The molecule has 2 unspecified atom stereocenters. The van der Waals surface area contributed by atoms with Crippen molar-refractivity contribution in [2.75, 3.05) is 26.2 Å². The molecule has 8 heteroatoms. The van der Waals surface area contributed by atoms with Crippen LogP contribution in [0, 0.1) is 0 Å². The molecule has 2 bridgehead atoms. The number of nitrogens with one attached hydrogen (secondary N) is 2. The third kappa shape index (κ3) is 6.79. The van der Waals surface area contributed by atoms with E-state index in [2.05, 4.69) is 34.3 Å². The molecule has 40 heavy (non-hydrogen) atoms. The zero-order chi connectivity index (χ0) is 28.1. The minimum atomic E-state index is -0.255. The van der Waals surface area contributed by atoms with E-state index >= 15 is 0 Å². The minimum Gasteiger partial charge on any atom is -0.335 e. The van der Waals surface area contributed by atoms with Gasteiger partial charge >= 0.3 is 6.03 Å². The summed E-state index contributed by atoms with van der Waals surface area (Å²) in [7, 11) is 0. The number of carbonyl (C=O) groups excluding carboxylic acids is 2. The van der Waals surface area contributed by atoms with Gasteiger partial charge in [0.05, 0.1) is 6.04 Å². The Morgan fingerprint density at radius 3 is 2.23 bits per heavy atom. The van der Waals surface area contributed by atoms with Crippen LogP contribution in [0.15, 0.2) is 24.3 Å². The van der Waals surface area contributed by atoms with Gasteiger partial charge in [0.1, 0.15) is 0 Å². The molecule has 1 aromatic rings. The Kier molecular flexibility index (Phi) is 10.3. The Balaban J connectivity index is 1.31. The summed E-state index contributed by atoms with van der Waals surface area (Å²) in [6, 6.07) is 9.30. The zero-order valence-electron chi connectivity index (χ0n) is 24.6. The van der Waals surface area contributed by atoms with Gasteiger partial charge in [-0.15, -0.1) is 0 Å². The van der Waals surface area contributed by atoms with Crippen LogP contribution in [0.25, 0.3) is 0 Å². The summed E-state index contributed by atoms with van der Waals surface area (Å²) in [4.78, 5) is 34.6. The molecule has 0 aromatic heterocycles. The number of halogens is 1. The summed E-state index contributed by atoms with van der Waals surface area (Å²) < 4.78 is 0. The van der Waals surface area contributed by atoms with Crippen molar-refractivity contribution < 1.29 is 9.59 Å². The molecule has 0 spiro atoms. The van der Waals surface area contributed by atoms with Gasteiger partial charge < -0.3 is 25.3 Å². The Bertz CT molecular complexity index is 960. The highest BCUT2D eigenvalue weighted by atomic mass is 35.5. The summed E-state index contributed by atoms with van der Waals surface area (Å²) in [6.45, 7) is 7.53. The van der Waals surface area contributed by atoms with Crippen molar-refractivity contribution >= 4 is 23.5 Å². The maximum Gasteiger partial charge on any atom is 0.320 e. The molecule has 4 aliphatic rings. The minimum absolute atomic E-state index is 0.214. The number of nitrogens with zero attached hydrogens (tertiary/aromatic N) is 3. The van der Waals surface area contributed by atoms with E-state index in [1.807, 2.05) is 29.2 Å². The number of hydrogen-bond acceptors (Lipinski definition) is 4. The first-order chi connectivity index (χ1) is 19.5. The monoisotopic (exact) mass is 571 g/mol. The van der Waals surface area contributed by atoms with Gasteiger partial charge in [-0.1, -0.05) is 43.0 Å². The number of rotatable bonds is 10. The Hall–Kier alpha value is -1.83. The van der Waals surface area contributed by atoms with E-state index in [0.717, 1.165) is 81.7 Å². The number of fused-ring (bicyclic) bond motifs is 2. The van der Waals surface area contributed by atoms with Crippen molar-refractivity contribution in [1.29, 1.82) is 0 Å². The van der Waals surface area contributed by atoms with Crippen molar-refractivity contribution in [3.05, 3.63) is 34.9 Å². The maximum absolute atomic E-state index is 14.3. The molecule has 3 aliphatic heterocycles. The van der Waals surface area contributed by atoms with Crippen LogP contribution < -0.4 is 10.6 Å². The molecule has 2 N–H and O–H groups in total. The number of amides is 3. The Labute approximate surface area is 246 Å². The molecule has 4 atom stereocenters. The molecule has 1 aromatic carbocycles. The van der Waals surface area contributed by atoms with E-state index < -0.39 is 0 Å². The van der Waals surface area contributed by atoms with Crippen LogP contribution >= 0.6 is 11.6 Å². The van der Waals surface area contributed by atoms with Crippen LogP contribution in [-0.2, 0) is 11.2 Å². The summed E-state index contributed by atoms with van der Waals surface area (Å²) in [5, 5.41) is 7.95. The first-order valence-corrected chi connectivity index (χ1v) is 16.5. The summed E-state index contributed by atoms with van der Waals surface area (Å²) >= 11 is 6.15. The van der Waals surface area contributed by atoms with Gasteiger partial charge in [0.2, 0.25) is 5.91 Å². The molecule has 7 nitrogen and oxygen atoms in total. The second-order valence-electron chi connectivity index (χ2n) is 12.5. The SMILES string of the molecule is CCN(CC)C(=O)N(C1CCCCC1)C1CC2CCC(C1)N2C(=O)[C@@H](Cc1ccc(Cl)cc1)NC[C@@H]1CCCN1. The fourth-order valence-corrected chi connectivity index (χ4v) is 7.99. The lowest BCUT2D eigenvalue weighted by Crippen LogP contribution is -2.61. The third-order valence-electron chi connectivity index (χ3n) is 10.0. The van der Waals surface area contributed by atoms with E-state index in [-0.39, 0.29) is 36.1 Å². The number of hydrogen-bond donors (Lipinski definition) is 2. The standard InChI is InChI=1S/C32H50ClN5O2/c1-3-36(4-2)32(40)38(26-10-6-5-7-11-26)29-20-27-16-17-28(21-29)37(27)31(39)30(35-22-25-9-8-18-34-25)19-23-12-14-24(33)15-13-23/h12-15,25-30,34-35H,3-11,16-22H2,1-2H3/t25-,27?,28?,29?,30+/m0/s1. The molecular formula is C32H50ClN5O2. The molecule has 1 saturated carbocycles. The van der Waals surface area contributed by atoms with E-state index in [9.17, 15) is 9.59 Å². The molecule has 0 radical (unpaired) electrons. The fourth-order valence-electron chi connectivity index (χ4n) is 7.86. The topological polar surface area (TPSA) is 67.9 Å². The zero-order valence-corrected chi connectivity index (χ0v) is 25.4. The maximum atomic E-state index is 14.3. The van der Waals surface area contributed by atoms with Crippen LogP contribution in [0.3, 0.4) is 0 Å². The average molecular weight is 572 g/mol. The molecular weight excluding hydrogens is 522 g/mol. The van der Waals surface area contributed by atoms with Crippen molar-refractivity contribution in [3.8, 4) is 0 Å². The van der Waals surface area contributed by atoms with Crippen LogP contribution in [0.1, 0.15) is 90.0 Å². The lowest BCUT2D eigenvalue weighted by Gasteiger charge is -2.48. The van der Waals surface area contributed by atoms with E-state index in [1.165, 1.54) is 25.7 Å². The molecule has 3 saturated heterocycles. The van der Waals surface area contributed by atoms with Crippen LogP contribution in [0.5, 0.6) is 0 Å². The second kappa shape index (κ2) is 13.9. The predicted octanol–water partition coefficient (Wildman–Crippen LogP) is 5.21. The number of benzene rings is 1. The average Bonchev–Trinajstić information content (AvgIpc) is 3.58. The molecule has 5 rings (SSSR count). The highest BCUT2D eigenvalue weighted by Gasteiger charge is 2.48. The number of piperidine rings is 1. The van der Waals surface area contributed by atoms with Crippen molar-refractivity contribution in [2.45, 2.75) is 127 Å². The lowest BCUT2D eigenvalue weighted by atomic mass is 9.89. The normalized spacial score (nSPS) is 27.5. The number of carbonyl (C=O) groups is 2. The van der Waals surface area contributed by atoms with Crippen LogP contribution in [0.4, 0.5) is 4.79 Å². The van der Waals surface area contributed by atoms with Gasteiger partial charge in [-0.05, 0) is 95.9 Å². The predicted molar refractivity (Wildman–Crippen MR) is 162 cm³/mol. The molecule has 222 valence electrons. The quantitative estimate of drug-likeness (QED) is 0.404. The van der Waals surface area contributed by atoms with Crippen molar-refractivity contribution in [2.24, 2.45) is 0 Å². The van der Waals surface area contributed by atoms with Crippen molar-refractivity contribution in [1.82, 2.24) is 25.3 Å². The highest BCUT2D eigenvalue weighted by molar-refractivity contribution is 6.30. The van der Waals surface area contributed by atoms with E-state index in [0.29, 0.717) is 18.5 Å². The van der Waals surface area contributed by atoms with Gasteiger partial charge in [-0.2, -0.15) is 0 Å². The van der Waals surface area contributed by atoms with Gasteiger partial charge in [0.15, 0.2) is 0 Å². The smallest absolute Gasteiger partial charge is 0.320 e. The van der Waals surface area contributed by atoms with Gasteiger partial charge in [0, 0.05) is 54.9 Å². The first kappa shape index (κ1) is 29.7. The Morgan fingerprint density at radius 2 is 1.62 bits per heavy atom. The third-order valence-corrected chi connectivity index (χ3v) is 10.3.